The van der Waals surface area contributed by atoms with Crippen molar-refractivity contribution in [3.8, 4) is 5.75 Å². The Morgan fingerprint density at radius 2 is 2.08 bits per heavy atom. The molecule has 0 aliphatic heterocycles. The summed E-state index contributed by atoms with van der Waals surface area (Å²) in [6, 6.07) is 6.92. The monoisotopic (exact) mass is 195 g/mol. The van der Waals surface area contributed by atoms with Crippen molar-refractivity contribution >= 4 is 26.4 Å². The van der Waals surface area contributed by atoms with E-state index >= 15 is 0 Å². The van der Waals surface area contributed by atoms with Gasteiger partial charge in [0.1, 0.15) is 0 Å². The van der Waals surface area contributed by atoms with Gasteiger partial charge >= 0.3 is 5.00 Å². The van der Waals surface area contributed by atoms with E-state index in [1.165, 1.54) is 0 Å². The molecule has 0 aliphatic carbocycles. The minimum Gasteiger partial charge on any atom is -0.501 e. The Kier molecular flexibility index (Phi) is 1.66. The zero-order valence-corrected chi connectivity index (χ0v) is 7.25. The van der Waals surface area contributed by atoms with Gasteiger partial charge in [-0.2, -0.15) is 0 Å². The summed E-state index contributed by atoms with van der Waals surface area (Å²) < 4.78 is 0.728. The van der Waals surface area contributed by atoms with Gasteiger partial charge in [-0.25, -0.2) is 0 Å². The number of hydrogen-bond acceptors (Lipinski definition) is 4. The first-order valence-electron chi connectivity index (χ1n) is 3.55. The maximum absolute atomic E-state index is 10.4. The molecular formula is C8H5NO3S. The predicted octanol–water partition coefficient (Wildman–Crippen LogP) is 2.52. The molecule has 0 saturated carbocycles. The van der Waals surface area contributed by atoms with Crippen LogP contribution >= 0.6 is 11.3 Å². The fourth-order valence-corrected chi connectivity index (χ4v) is 2.05. The summed E-state index contributed by atoms with van der Waals surface area (Å²) in [5, 5.41) is 20.2. The third-order valence-corrected chi connectivity index (χ3v) is 2.83. The van der Waals surface area contributed by atoms with Gasteiger partial charge in [0.2, 0.25) is 5.75 Å². The average molecular weight is 195 g/mol. The Hall–Kier alpha value is -1.62. The number of aromatic hydroxyl groups is 1. The minimum absolute atomic E-state index is 0.193. The van der Waals surface area contributed by atoms with Crippen molar-refractivity contribution in [2.45, 2.75) is 0 Å². The van der Waals surface area contributed by atoms with Crippen LogP contribution in [0.5, 0.6) is 5.75 Å². The average Bonchev–Trinajstić information content (AvgIpc) is 2.45. The summed E-state index contributed by atoms with van der Waals surface area (Å²) in [6.07, 6.45) is 0. The van der Waals surface area contributed by atoms with Crippen LogP contribution in [0.2, 0.25) is 0 Å². The lowest BCUT2D eigenvalue weighted by molar-refractivity contribution is -0.381. The van der Waals surface area contributed by atoms with E-state index in [1.54, 1.807) is 24.3 Å². The molecule has 5 heteroatoms. The molecule has 0 aliphatic rings. The summed E-state index contributed by atoms with van der Waals surface area (Å²) in [4.78, 5) is 9.88. The third kappa shape index (κ3) is 1.13. The summed E-state index contributed by atoms with van der Waals surface area (Å²) in [6.45, 7) is 0. The van der Waals surface area contributed by atoms with Crippen molar-refractivity contribution < 1.29 is 10.0 Å². The molecule has 0 amide bonds. The second-order valence-corrected chi connectivity index (χ2v) is 3.54. The van der Waals surface area contributed by atoms with E-state index in [-0.39, 0.29) is 10.8 Å². The first-order chi connectivity index (χ1) is 6.20. The highest BCUT2D eigenvalue weighted by Gasteiger charge is 2.19. The van der Waals surface area contributed by atoms with Crippen molar-refractivity contribution in [1.29, 1.82) is 0 Å². The standard InChI is InChI=1S/C8H5NO3S/c10-7-5-3-1-2-4-6(5)13-8(7)9(11)12/h1-4,10H. The van der Waals surface area contributed by atoms with E-state index in [0.717, 1.165) is 16.0 Å². The van der Waals surface area contributed by atoms with Crippen molar-refractivity contribution in [3.63, 3.8) is 0 Å². The Morgan fingerprint density at radius 3 is 2.69 bits per heavy atom. The van der Waals surface area contributed by atoms with Gasteiger partial charge < -0.3 is 5.11 Å². The first-order valence-corrected chi connectivity index (χ1v) is 4.36. The zero-order chi connectivity index (χ0) is 9.42. The van der Waals surface area contributed by atoms with Crippen molar-refractivity contribution in [3.05, 3.63) is 34.4 Å². The lowest BCUT2D eigenvalue weighted by atomic mass is 10.2. The van der Waals surface area contributed by atoms with Crippen LogP contribution in [0.4, 0.5) is 5.00 Å². The lowest BCUT2D eigenvalue weighted by Gasteiger charge is -1.86. The molecule has 2 aromatic rings. The largest absolute Gasteiger partial charge is 0.501 e. The molecule has 0 radical (unpaired) electrons. The van der Waals surface area contributed by atoms with Gasteiger partial charge in [0, 0.05) is 10.1 Å². The molecule has 66 valence electrons. The summed E-state index contributed by atoms with van der Waals surface area (Å²) in [5.41, 5.74) is 0. The highest BCUT2D eigenvalue weighted by Crippen LogP contribution is 2.42. The molecule has 0 fully saturated rings. The van der Waals surface area contributed by atoms with Gasteiger partial charge in [0.15, 0.2) is 0 Å². The fourth-order valence-electron chi connectivity index (χ4n) is 1.14. The van der Waals surface area contributed by atoms with Crippen LogP contribution in [0.1, 0.15) is 0 Å². The minimum atomic E-state index is -0.569. The SMILES string of the molecule is O=[N+]([O-])c1sc2ccccc2c1O. The molecule has 1 aromatic heterocycles. The molecule has 1 aromatic carbocycles. The van der Waals surface area contributed by atoms with Crippen LogP contribution in [0.3, 0.4) is 0 Å². The van der Waals surface area contributed by atoms with Crippen LogP contribution in [0.25, 0.3) is 10.1 Å². The summed E-state index contributed by atoms with van der Waals surface area (Å²) >= 11 is 0.983. The van der Waals surface area contributed by atoms with Crippen molar-refractivity contribution in [2.75, 3.05) is 0 Å². The van der Waals surface area contributed by atoms with Gasteiger partial charge in [-0.1, -0.05) is 23.5 Å². The summed E-state index contributed by atoms with van der Waals surface area (Å²) in [7, 11) is 0. The van der Waals surface area contributed by atoms with Gasteiger partial charge in [-0.3, -0.25) is 10.1 Å². The molecule has 1 heterocycles. The quantitative estimate of drug-likeness (QED) is 0.561. The second-order valence-electron chi connectivity index (χ2n) is 2.51. The van der Waals surface area contributed by atoms with Gasteiger partial charge in [-0.15, -0.1) is 0 Å². The van der Waals surface area contributed by atoms with Crippen LogP contribution in [0.15, 0.2) is 24.3 Å². The second kappa shape index (κ2) is 2.70. The van der Waals surface area contributed by atoms with E-state index in [2.05, 4.69) is 0 Å². The van der Waals surface area contributed by atoms with Crippen LogP contribution < -0.4 is 0 Å². The fraction of sp³-hybridized carbons (Fsp3) is 0. The summed E-state index contributed by atoms with van der Waals surface area (Å²) in [5.74, 6) is -0.231. The molecule has 2 rings (SSSR count). The molecule has 0 bridgehead atoms. The maximum atomic E-state index is 10.4. The Morgan fingerprint density at radius 1 is 1.38 bits per heavy atom. The van der Waals surface area contributed by atoms with E-state index < -0.39 is 4.92 Å². The molecule has 0 spiro atoms. The number of nitrogens with zero attached hydrogens (tertiary/aromatic N) is 1. The number of fused-ring (bicyclic) bond motifs is 1. The van der Waals surface area contributed by atoms with Crippen LogP contribution in [-0.2, 0) is 0 Å². The maximum Gasteiger partial charge on any atom is 0.366 e. The topological polar surface area (TPSA) is 63.4 Å². The molecule has 0 atom stereocenters. The van der Waals surface area contributed by atoms with Gasteiger partial charge in [0.05, 0.1) is 4.92 Å². The first kappa shape index (κ1) is 8.00. The number of hydrogen-bond donors (Lipinski definition) is 1. The highest BCUT2D eigenvalue weighted by atomic mass is 32.1. The third-order valence-electron chi connectivity index (χ3n) is 1.72. The Balaban J connectivity index is 2.81. The van der Waals surface area contributed by atoms with E-state index in [1.807, 2.05) is 0 Å². The van der Waals surface area contributed by atoms with E-state index in [4.69, 9.17) is 0 Å². The number of nitro groups is 1. The smallest absolute Gasteiger partial charge is 0.366 e. The van der Waals surface area contributed by atoms with E-state index in [9.17, 15) is 15.2 Å². The molecular weight excluding hydrogens is 190 g/mol. The molecule has 0 unspecified atom stereocenters. The molecule has 1 N–H and O–H groups in total. The van der Waals surface area contributed by atoms with E-state index in [0.29, 0.717) is 5.39 Å². The van der Waals surface area contributed by atoms with Crippen molar-refractivity contribution in [2.24, 2.45) is 0 Å². The normalized spacial score (nSPS) is 10.5. The van der Waals surface area contributed by atoms with Crippen molar-refractivity contribution in [1.82, 2.24) is 0 Å². The molecule has 4 nitrogen and oxygen atoms in total. The number of rotatable bonds is 1. The molecule has 0 saturated heterocycles. The highest BCUT2D eigenvalue weighted by molar-refractivity contribution is 7.22. The lowest BCUT2D eigenvalue weighted by Crippen LogP contribution is -1.82. The Bertz CT molecular complexity index is 477. The van der Waals surface area contributed by atoms with Gasteiger partial charge in [0.25, 0.3) is 0 Å². The Labute approximate surface area is 77.2 Å². The number of thiophene rings is 1. The van der Waals surface area contributed by atoms with Crippen LogP contribution in [-0.4, -0.2) is 10.0 Å². The zero-order valence-electron chi connectivity index (χ0n) is 6.43. The van der Waals surface area contributed by atoms with Gasteiger partial charge in [-0.05, 0) is 12.1 Å². The molecule has 13 heavy (non-hydrogen) atoms. The predicted molar refractivity (Wildman–Crippen MR) is 50.1 cm³/mol. The van der Waals surface area contributed by atoms with Crippen LogP contribution in [0, 0.1) is 10.1 Å². The number of benzene rings is 1.